The van der Waals surface area contributed by atoms with Crippen molar-refractivity contribution >= 4 is 17.0 Å². The van der Waals surface area contributed by atoms with Crippen molar-refractivity contribution in [2.24, 2.45) is 0 Å². The van der Waals surface area contributed by atoms with Crippen LogP contribution in [0.2, 0.25) is 0 Å². The van der Waals surface area contributed by atoms with Crippen LogP contribution in [0.1, 0.15) is 11.3 Å². The van der Waals surface area contributed by atoms with Crippen molar-refractivity contribution in [1.29, 1.82) is 10.5 Å². The summed E-state index contributed by atoms with van der Waals surface area (Å²) < 4.78 is 0. The number of hydrogen-bond donors (Lipinski definition) is 1. The second-order valence-corrected chi connectivity index (χ2v) is 3.55. The number of allylic oxidation sites excluding steroid dienone is 1. The van der Waals surface area contributed by atoms with Gasteiger partial charge in [-0.1, -0.05) is 18.2 Å². The average molecular weight is 207 g/mol. The van der Waals surface area contributed by atoms with Crippen molar-refractivity contribution in [3.05, 3.63) is 41.1 Å². The summed E-state index contributed by atoms with van der Waals surface area (Å²) in [5.74, 6) is 0. The molecule has 0 unspecified atom stereocenters. The molecule has 1 N–H and O–H groups in total. The Morgan fingerprint density at radius 3 is 2.75 bits per heavy atom. The maximum atomic E-state index is 8.71. The summed E-state index contributed by atoms with van der Waals surface area (Å²) >= 11 is 0. The lowest BCUT2D eigenvalue weighted by Gasteiger charge is -1.96. The lowest BCUT2D eigenvalue weighted by atomic mass is 10.1. The highest BCUT2D eigenvalue weighted by Gasteiger charge is 2.02. The number of aryl methyl sites for hydroxylation is 1. The van der Waals surface area contributed by atoms with Crippen LogP contribution in [0.3, 0.4) is 0 Å². The Balaban J connectivity index is 2.67. The Kier molecular flexibility index (Phi) is 2.45. The van der Waals surface area contributed by atoms with Crippen LogP contribution in [0, 0.1) is 29.6 Å². The molecule has 0 saturated heterocycles. The van der Waals surface area contributed by atoms with E-state index in [1.54, 1.807) is 6.08 Å². The van der Waals surface area contributed by atoms with Gasteiger partial charge in [0.2, 0.25) is 0 Å². The summed E-state index contributed by atoms with van der Waals surface area (Å²) in [5, 5.41) is 18.5. The first-order valence-electron chi connectivity index (χ1n) is 4.85. The molecule has 1 aromatic carbocycles. The van der Waals surface area contributed by atoms with Gasteiger partial charge in [-0.25, -0.2) is 0 Å². The number of nitrogens with one attached hydrogen (secondary N) is 1. The monoisotopic (exact) mass is 207 g/mol. The fourth-order valence-electron chi connectivity index (χ4n) is 1.69. The van der Waals surface area contributed by atoms with Crippen LogP contribution in [0.25, 0.3) is 17.0 Å². The Hall–Kier alpha value is -2.52. The van der Waals surface area contributed by atoms with Gasteiger partial charge in [0.15, 0.2) is 0 Å². The third kappa shape index (κ3) is 1.67. The molecule has 0 fully saturated rings. The molecule has 16 heavy (non-hydrogen) atoms. The van der Waals surface area contributed by atoms with Crippen LogP contribution in [0.15, 0.2) is 29.8 Å². The Morgan fingerprint density at radius 2 is 2.06 bits per heavy atom. The van der Waals surface area contributed by atoms with E-state index < -0.39 is 0 Å². The van der Waals surface area contributed by atoms with Gasteiger partial charge in [-0.2, -0.15) is 10.5 Å². The summed E-state index contributed by atoms with van der Waals surface area (Å²) in [4.78, 5) is 3.22. The molecule has 0 radical (unpaired) electrons. The third-order valence-corrected chi connectivity index (χ3v) is 2.36. The van der Waals surface area contributed by atoms with Gasteiger partial charge in [-0.3, -0.25) is 0 Å². The highest BCUT2D eigenvalue weighted by molar-refractivity contribution is 5.89. The molecule has 2 aromatic rings. The van der Waals surface area contributed by atoms with Crippen molar-refractivity contribution in [1.82, 2.24) is 4.98 Å². The number of nitriles is 2. The molecule has 0 aliphatic heterocycles. The fraction of sp³-hybridized carbons (Fsp3) is 0.0769. The zero-order chi connectivity index (χ0) is 11.5. The second kappa shape index (κ2) is 3.92. The highest BCUT2D eigenvalue weighted by atomic mass is 14.7. The normalized spacial score (nSPS) is 9.44. The van der Waals surface area contributed by atoms with Gasteiger partial charge in [0.1, 0.15) is 17.7 Å². The van der Waals surface area contributed by atoms with E-state index in [1.165, 1.54) is 0 Å². The van der Waals surface area contributed by atoms with Gasteiger partial charge in [-0.15, -0.1) is 0 Å². The van der Waals surface area contributed by atoms with E-state index in [9.17, 15) is 0 Å². The number of nitrogens with zero attached hydrogens (tertiary/aromatic N) is 2. The third-order valence-electron chi connectivity index (χ3n) is 2.36. The van der Waals surface area contributed by atoms with Crippen LogP contribution in [-0.2, 0) is 0 Å². The van der Waals surface area contributed by atoms with E-state index in [4.69, 9.17) is 10.5 Å². The lowest BCUT2D eigenvalue weighted by Crippen LogP contribution is -1.79. The van der Waals surface area contributed by atoms with E-state index in [1.807, 2.05) is 43.3 Å². The zero-order valence-corrected chi connectivity index (χ0v) is 8.78. The smallest absolute Gasteiger partial charge is 0.130 e. The van der Waals surface area contributed by atoms with Crippen molar-refractivity contribution in [2.45, 2.75) is 6.92 Å². The molecule has 3 nitrogen and oxygen atoms in total. The van der Waals surface area contributed by atoms with Crippen molar-refractivity contribution < 1.29 is 0 Å². The molecule has 0 aliphatic carbocycles. The van der Waals surface area contributed by atoms with E-state index in [-0.39, 0.29) is 5.57 Å². The molecule has 0 spiro atoms. The van der Waals surface area contributed by atoms with Gasteiger partial charge in [-0.05, 0) is 19.1 Å². The number of aromatic nitrogens is 1. The first-order valence-corrected chi connectivity index (χ1v) is 4.85. The maximum absolute atomic E-state index is 8.71. The number of fused-ring (bicyclic) bond motifs is 1. The molecule has 76 valence electrons. The van der Waals surface area contributed by atoms with Crippen LogP contribution in [0.5, 0.6) is 0 Å². The predicted octanol–water partition coefficient (Wildman–Crippen LogP) is 2.91. The zero-order valence-electron chi connectivity index (χ0n) is 8.78. The van der Waals surface area contributed by atoms with Crippen molar-refractivity contribution in [3.63, 3.8) is 0 Å². The van der Waals surface area contributed by atoms with Crippen molar-refractivity contribution in [3.8, 4) is 12.1 Å². The molecule has 0 aliphatic rings. The fourth-order valence-corrected chi connectivity index (χ4v) is 1.69. The number of H-pyrrole nitrogens is 1. The quantitative estimate of drug-likeness (QED) is 0.730. The van der Waals surface area contributed by atoms with Crippen LogP contribution in [0.4, 0.5) is 0 Å². The van der Waals surface area contributed by atoms with Crippen LogP contribution < -0.4 is 0 Å². The minimum Gasteiger partial charge on any atom is -0.358 e. The van der Waals surface area contributed by atoms with E-state index in [0.29, 0.717) is 0 Å². The van der Waals surface area contributed by atoms with E-state index in [0.717, 1.165) is 22.2 Å². The molecular formula is C13H9N3. The minimum absolute atomic E-state index is 0.111. The lowest BCUT2D eigenvalue weighted by molar-refractivity contribution is 1.30. The molecule has 3 heteroatoms. The second-order valence-electron chi connectivity index (χ2n) is 3.55. The first-order chi connectivity index (χ1) is 7.74. The number of para-hydroxylation sites is 1. The van der Waals surface area contributed by atoms with Gasteiger partial charge >= 0.3 is 0 Å². The van der Waals surface area contributed by atoms with Gasteiger partial charge < -0.3 is 4.98 Å². The standard InChI is InChI=1S/C13H9N3/c1-9-5-11-3-2-4-12(13(11)16-9)6-10(7-14)8-15/h2-6,16H,1H3. The summed E-state index contributed by atoms with van der Waals surface area (Å²) in [6.07, 6.45) is 1.60. The van der Waals surface area contributed by atoms with Crippen LogP contribution in [-0.4, -0.2) is 4.98 Å². The molecule has 1 aromatic heterocycles. The molecule has 0 amide bonds. The molecule has 2 rings (SSSR count). The predicted molar refractivity (Wildman–Crippen MR) is 62.2 cm³/mol. The number of benzene rings is 1. The summed E-state index contributed by atoms with van der Waals surface area (Å²) in [5.41, 5.74) is 3.00. The van der Waals surface area contributed by atoms with E-state index >= 15 is 0 Å². The Labute approximate surface area is 93.2 Å². The van der Waals surface area contributed by atoms with Gasteiger partial charge in [0.25, 0.3) is 0 Å². The summed E-state index contributed by atoms with van der Waals surface area (Å²) in [6.45, 7) is 1.98. The van der Waals surface area contributed by atoms with Crippen LogP contribution >= 0.6 is 0 Å². The molecular weight excluding hydrogens is 198 g/mol. The van der Waals surface area contributed by atoms with Crippen molar-refractivity contribution in [2.75, 3.05) is 0 Å². The minimum atomic E-state index is 0.111. The SMILES string of the molecule is Cc1cc2cccc(C=C(C#N)C#N)c2[nH]1. The summed E-state index contributed by atoms with van der Waals surface area (Å²) in [7, 11) is 0. The molecule has 0 atom stereocenters. The number of rotatable bonds is 1. The maximum Gasteiger partial charge on any atom is 0.130 e. The molecule has 0 bridgehead atoms. The number of aromatic amines is 1. The largest absolute Gasteiger partial charge is 0.358 e. The van der Waals surface area contributed by atoms with Gasteiger partial charge in [0.05, 0.1) is 5.52 Å². The number of hydrogen-bond acceptors (Lipinski definition) is 2. The first kappa shape index (κ1) is 10.0. The highest BCUT2D eigenvalue weighted by Crippen LogP contribution is 2.21. The van der Waals surface area contributed by atoms with E-state index in [2.05, 4.69) is 4.98 Å². The Bertz CT molecular complexity index is 632. The molecule has 1 heterocycles. The molecule has 0 saturated carbocycles. The Morgan fingerprint density at radius 1 is 1.31 bits per heavy atom. The summed E-state index contributed by atoms with van der Waals surface area (Å²) in [6, 6.07) is 11.5. The topological polar surface area (TPSA) is 63.4 Å². The van der Waals surface area contributed by atoms with Gasteiger partial charge in [0, 0.05) is 16.6 Å². The average Bonchev–Trinajstić information content (AvgIpc) is 2.67.